The molecule has 5 nitrogen and oxygen atoms in total. The lowest BCUT2D eigenvalue weighted by molar-refractivity contribution is 0.0601. The highest BCUT2D eigenvalue weighted by atomic mass is 16.5. The molecule has 2 aromatic rings. The summed E-state index contributed by atoms with van der Waals surface area (Å²) in [7, 11) is 1.31. The Kier molecular flexibility index (Phi) is 3.23. The molecule has 18 heavy (non-hydrogen) atoms. The molecule has 92 valence electrons. The molecule has 1 aromatic heterocycles. The summed E-state index contributed by atoms with van der Waals surface area (Å²) in [5.41, 5.74) is 1.25. The zero-order chi connectivity index (χ0) is 13.1. The second-order valence-electron chi connectivity index (χ2n) is 3.77. The number of hydrogen-bond donors (Lipinski definition) is 1. The molecule has 0 aliphatic rings. The molecule has 0 radical (unpaired) electrons. The van der Waals surface area contributed by atoms with E-state index in [1.54, 1.807) is 31.2 Å². The number of aryl methyl sites for hydroxylation is 1. The summed E-state index contributed by atoms with van der Waals surface area (Å²) in [4.78, 5) is 29.9. The lowest BCUT2D eigenvalue weighted by Crippen LogP contribution is -2.11. The number of rotatable bonds is 2. The van der Waals surface area contributed by atoms with Gasteiger partial charge in [0, 0.05) is 17.3 Å². The Bertz CT molecular complexity index is 647. The summed E-state index contributed by atoms with van der Waals surface area (Å²) in [6, 6.07) is 8.23. The second-order valence-corrected chi connectivity index (χ2v) is 3.77. The number of aromatic nitrogens is 2. The van der Waals surface area contributed by atoms with Gasteiger partial charge in [-0.3, -0.25) is 4.79 Å². The fourth-order valence-electron chi connectivity index (χ4n) is 1.68. The van der Waals surface area contributed by atoms with Gasteiger partial charge in [0.1, 0.15) is 5.82 Å². The Hall–Kier alpha value is -2.43. The van der Waals surface area contributed by atoms with Crippen molar-refractivity contribution in [2.75, 3.05) is 7.11 Å². The number of nitrogens with one attached hydrogen (secondary N) is 1. The number of methoxy groups -OCH3 is 1. The van der Waals surface area contributed by atoms with Crippen LogP contribution in [0.1, 0.15) is 16.1 Å². The van der Waals surface area contributed by atoms with Crippen LogP contribution in [-0.4, -0.2) is 23.0 Å². The molecule has 0 spiro atoms. The van der Waals surface area contributed by atoms with E-state index in [4.69, 9.17) is 4.74 Å². The minimum Gasteiger partial charge on any atom is -0.465 e. The molecule has 0 aliphatic heterocycles. The molecule has 0 unspecified atom stereocenters. The first kappa shape index (κ1) is 12.0. The van der Waals surface area contributed by atoms with Crippen LogP contribution in [0.5, 0.6) is 0 Å². The number of esters is 1. The van der Waals surface area contributed by atoms with Gasteiger partial charge in [0.25, 0.3) is 5.56 Å². The van der Waals surface area contributed by atoms with Gasteiger partial charge in [-0.05, 0) is 13.0 Å². The zero-order valence-corrected chi connectivity index (χ0v) is 10.1. The number of carbonyl (C=O) groups excluding carboxylic acids is 1. The van der Waals surface area contributed by atoms with Crippen LogP contribution in [0, 0.1) is 6.92 Å². The minimum atomic E-state index is -0.463. The molecule has 0 bridgehead atoms. The van der Waals surface area contributed by atoms with Crippen molar-refractivity contribution in [2.24, 2.45) is 0 Å². The van der Waals surface area contributed by atoms with Gasteiger partial charge in [-0.15, -0.1) is 0 Å². The first-order chi connectivity index (χ1) is 8.61. The van der Waals surface area contributed by atoms with Gasteiger partial charge in [0.15, 0.2) is 0 Å². The predicted octanol–water partition coefficient (Wildman–Crippen LogP) is 1.53. The molecule has 0 saturated carbocycles. The first-order valence-electron chi connectivity index (χ1n) is 5.37. The SMILES string of the molecule is COC(=O)c1ccccc1-c1nc(C)cc(=O)[nH]1. The standard InChI is InChI=1S/C13H12N2O3/c1-8-7-11(16)15-12(14-8)9-5-3-4-6-10(9)13(17)18-2/h3-7H,1-2H3,(H,14,15,16). The Balaban J connectivity index is 2.63. The maximum absolute atomic E-state index is 11.6. The topological polar surface area (TPSA) is 72.0 Å². The second kappa shape index (κ2) is 4.83. The highest BCUT2D eigenvalue weighted by molar-refractivity contribution is 5.96. The van der Waals surface area contributed by atoms with E-state index in [0.29, 0.717) is 22.6 Å². The number of H-pyrrole nitrogens is 1. The van der Waals surface area contributed by atoms with Crippen LogP contribution >= 0.6 is 0 Å². The maximum atomic E-state index is 11.6. The third-order valence-electron chi connectivity index (χ3n) is 2.46. The van der Waals surface area contributed by atoms with Crippen LogP contribution < -0.4 is 5.56 Å². The molecule has 0 saturated heterocycles. The van der Waals surface area contributed by atoms with E-state index in [1.165, 1.54) is 13.2 Å². The lowest BCUT2D eigenvalue weighted by atomic mass is 10.1. The Morgan fingerprint density at radius 1 is 1.33 bits per heavy atom. The van der Waals surface area contributed by atoms with E-state index in [1.807, 2.05) is 0 Å². The number of hydrogen-bond acceptors (Lipinski definition) is 4. The van der Waals surface area contributed by atoms with Gasteiger partial charge in [-0.25, -0.2) is 9.78 Å². The average Bonchev–Trinajstić information content (AvgIpc) is 2.36. The Morgan fingerprint density at radius 3 is 2.72 bits per heavy atom. The van der Waals surface area contributed by atoms with E-state index in [0.717, 1.165) is 0 Å². The van der Waals surface area contributed by atoms with Crippen molar-refractivity contribution >= 4 is 5.97 Å². The molecule has 0 amide bonds. The molecule has 2 rings (SSSR count). The van der Waals surface area contributed by atoms with Crippen LogP contribution in [0.25, 0.3) is 11.4 Å². The van der Waals surface area contributed by atoms with Crippen LogP contribution in [0.2, 0.25) is 0 Å². The van der Waals surface area contributed by atoms with Crippen molar-refractivity contribution in [1.82, 2.24) is 9.97 Å². The monoisotopic (exact) mass is 244 g/mol. The molecule has 5 heteroatoms. The number of aromatic amines is 1. The first-order valence-corrected chi connectivity index (χ1v) is 5.37. The number of nitrogens with zero attached hydrogens (tertiary/aromatic N) is 1. The fourth-order valence-corrected chi connectivity index (χ4v) is 1.68. The zero-order valence-electron chi connectivity index (χ0n) is 10.1. The lowest BCUT2D eigenvalue weighted by Gasteiger charge is -2.07. The van der Waals surface area contributed by atoms with Gasteiger partial charge in [-0.1, -0.05) is 18.2 Å². The summed E-state index contributed by atoms with van der Waals surface area (Å²) >= 11 is 0. The van der Waals surface area contributed by atoms with E-state index in [-0.39, 0.29) is 5.56 Å². The minimum absolute atomic E-state index is 0.253. The molecule has 1 N–H and O–H groups in total. The summed E-state index contributed by atoms with van der Waals surface area (Å²) in [5.74, 6) is -0.101. The maximum Gasteiger partial charge on any atom is 0.338 e. The third-order valence-corrected chi connectivity index (χ3v) is 2.46. The molecule has 0 aliphatic carbocycles. The van der Waals surface area contributed by atoms with E-state index in [2.05, 4.69) is 9.97 Å². The molecule has 0 fully saturated rings. The van der Waals surface area contributed by atoms with Crippen LogP contribution in [0.3, 0.4) is 0 Å². The molecule has 1 aromatic carbocycles. The molecule has 0 atom stereocenters. The van der Waals surface area contributed by atoms with Gasteiger partial charge in [0.05, 0.1) is 12.7 Å². The van der Waals surface area contributed by atoms with Crippen LogP contribution in [-0.2, 0) is 4.74 Å². The van der Waals surface area contributed by atoms with Crippen molar-refractivity contribution in [3.8, 4) is 11.4 Å². The van der Waals surface area contributed by atoms with Gasteiger partial charge in [0.2, 0.25) is 0 Å². The van der Waals surface area contributed by atoms with E-state index >= 15 is 0 Å². The number of benzene rings is 1. The van der Waals surface area contributed by atoms with Gasteiger partial charge in [-0.2, -0.15) is 0 Å². The normalized spacial score (nSPS) is 10.1. The average molecular weight is 244 g/mol. The van der Waals surface area contributed by atoms with Crippen molar-refractivity contribution in [2.45, 2.75) is 6.92 Å². The van der Waals surface area contributed by atoms with Crippen molar-refractivity contribution in [1.29, 1.82) is 0 Å². The number of ether oxygens (including phenoxy) is 1. The van der Waals surface area contributed by atoms with Crippen molar-refractivity contribution in [3.63, 3.8) is 0 Å². The summed E-state index contributed by atoms with van der Waals surface area (Å²) in [6.45, 7) is 1.72. The molecule has 1 heterocycles. The quantitative estimate of drug-likeness (QED) is 0.813. The van der Waals surface area contributed by atoms with Crippen LogP contribution in [0.15, 0.2) is 35.1 Å². The van der Waals surface area contributed by atoms with Crippen molar-refractivity contribution in [3.05, 3.63) is 51.9 Å². The predicted molar refractivity (Wildman–Crippen MR) is 66.4 cm³/mol. The highest BCUT2D eigenvalue weighted by Gasteiger charge is 2.14. The largest absolute Gasteiger partial charge is 0.465 e. The Labute approximate surface area is 103 Å². The summed E-state index contributed by atoms with van der Waals surface area (Å²) in [5, 5.41) is 0. The van der Waals surface area contributed by atoms with E-state index in [9.17, 15) is 9.59 Å². The smallest absolute Gasteiger partial charge is 0.338 e. The molecular formula is C13H12N2O3. The van der Waals surface area contributed by atoms with Crippen molar-refractivity contribution < 1.29 is 9.53 Å². The third kappa shape index (κ3) is 2.29. The molecular weight excluding hydrogens is 232 g/mol. The Morgan fingerprint density at radius 2 is 2.06 bits per heavy atom. The summed E-state index contributed by atoms with van der Waals surface area (Å²) < 4.78 is 4.70. The fraction of sp³-hybridized carbons (Fsp3) is 0.154. The van der Waals surface area contributed by atoms with Gasteiger partial charge < -0.3 is 9.72 Å². The summed E-state index contributed by atoms with van der Waals surface area (Å²) in [6.07, 6.45) is 0. The van der Waals surface area contributed by atoms with Gasteiger partial charge >= 0.3 is 5.97 Å². The number of carbonyl (C=O) groups is 1. The van der Waals surface area contributed by atoms with Crippen LogP contribution in [0.4, 0.5) is 0 Å². The van der Waals surface area contributed by atoms with E-state index < -0.39 is 5.97 Å². The highest BCUT2D eigenvalue weighted by Crippen LogP contribution is 2.19.